The van der Waals surface area contributed by atoms with E-state index in [9.17, 15) is 9.59 Å². The fraction of sp³-hybridized carbons (Fsp3) is 0.500. The van der Waals surface area contributed by atoms with Crippen molar-refractivity contribution in [2.75, 3.05) is 0 Å². The van der Waals surface area contributed by atoms with Crippen LogP contribution in [0.1, 0.15) is 43.8 Å². The van der Waals surface area contributed by atoms with Gasteiger partial charge in [0.2, 0.25) is 0 Å². The Morgan fingerprint density at radius 1 is 1.05 bits per heavy atom. The highest BCUT2D eigenvalue weighted by atomic mass is 16.5. The molecule has 1 heterocycles. The summed E-state index contributed by atoms with van der Waals surface area (Å²) in [4.78, 5) is 23.8. The van der Waals surface area contributed by atoms with Crippen LogP contribution in [0.4, 0.5) is 0 Å². The van der Waals surface area contributed by atoms with E-state index in [-0.39, 0.29) is 29.7 Å². The summed E-state index contributed by atoms with van der Waals surface area (Å²) in [5.41, 5.74) is 1.03. The molecule has 3 atom stereocenters. The number of hydrogen-bond donors (Lipinski definition) is 0. The minimum atomic E-state index is -0.207. The summed E-state index contributed by atoms with van der Waals surface area (Å²) in [6.45, 7) is 0. The van der Waals surface area contributed by atoms with Gasteiger partial charge in [-0.25, -0.2) is 0 Å². The van der Waals surface area contributed by atoms with Crippen LogP contribution in [0.2, 0.25) is 0 Å². The van der Waals surface area contributed by atoms with E-state index in [0.29, 0.717) is 19.3 Å². The van der Waals surface area contributed by atoms with E-state index in [1.54, 1.807) is 0 Å². The minimum absolute atomic E-state index is 0.0598. The van der Waals surface area contributed by atoms with Crippen molar-refractivity contribution in [2.24, 2.45) is 5.92 Å². The van der Waals surface area contributed by atoms with Gasteiger partial charge in [0.25, 0.3) is 0 Å². The Kier molecular flexibility index (Phi) is 3.47. The van der Waals surface area contributed by atoms with Crippen molar-refractivity contribution in [1.29, 1.82) is 0 Å². The molecule has 1 saturated heterocycles. The maximum atomic E-state index is 11.9. The van der Waals surface area contributed by atoms with Gasteiger partial charge in [0.1, 0.15) is 11.6 Å². The molecule has 2 aliphatic rings. The Bertz CT molecular complexity index is 480. The predicted molar refractivity (Wildman–Crippen MR) is 70.6 cm³/mol. The van der Waals surface area contributed by atoms with Gasteiger partial charge in [-0.1, -0.05) is 30.3 Å². The molecule has 3 rings (SSSR count). The molecule has 0 N–H and O–H groups in total. The third kappa shape index (κ3) is 2.61. The van der Waals surface area contributed by atoms with Crippen LogP contribution in [-0.2, 0) is 14.3 Å². The Balaban J connectivity index is 1.77. The molecule has 100 valence electrons. The first-order valence-electron chi connectivity index (χ1n) is 6.99. The normalized spacial score (nSPS) is 31.7. The van der Waals surface area contributed by atoms with Crippen LogP contribution in [0.5, 0.6) is 0 Å². The average Bonchev–Trinajstić information content (AvgIpc) is 2.85. The minimum Gasteiger partial charge on any atom is -0.369 e. The smallest absolute Gasteiger partial charge is 0.138 e. The second kappa shape index (κ2) is 5.25. The third-order valence-electron chi connectivity index (χ3n) is 4.15. The second-order valence-electron chi connectivity index (χ2n) is 5.49. The molecule has 0 spiro atoms. The quantitative estimate of drug-likeness (QED) is 0.819. The summed E-state index contributed by atoms with van der Waals surface area (Å²) < 4.78 is 6.06. The standard InChI is InChI=1S/C16H18O3/c17-12-9-15(11-5-2-1-3-6-11)19-16(10-12)13-7-4-8-14(13)18/h1-3,5-6,13,15-16H,4,7-10H2/t13-,15-,16-/m1/s1. The van der Waals surface area contributed by atoms with Crippen LogP contribution in [0.3, 0.4) is 0 Å². The Labute approximate surface area is 113 Å². The van der Waals surface area contributed by atoms with Gasteiger partial charge in [-0.15, -0.1) is 0 Å². The molecule has 3 nitrogen and oxygen atoms in total. The van der Waals surface area contributed by atoms with Gasteiger partial charge in [-0.05, 0) is 18.4 Å². The zero-order chi connectivity index (χ0) is 13.2. The van der Waals surface area contributed by atoms with Crippen molar-refractivity contribution in [2.45, 2.75) is 44.3 Å². The van der Waals surface area contributed by atoms with Crippen LogP contribution < -0.4 is 0 Å². The molecule has 1 aliphatic heterocycles. The zero-order valence-corrected chi connectivity index (χ0v) is 10.9. The molecule has 19 heavy (non-hydrogen) atoms. The maximum Gasteiger partial charge on any atom is 0.138 e. The molecule has 0 bridgehead atoms. The number of ketones is 2. The van der Waals surface area contributed by atoms with E-state index in [2.05, 4.69) is 0 Å². The number of Topliss-reactive ketones (excluding diaryl/α,β-unsaturated/α-hetero) is 2. The van der Waals surface area contributed by atoms with Crippen molar-refractivity contribution >= 4 is 11.6 Å². The van der Waals surface area contributed by atoms with Crippen LogP contribution in [0.15, 0.2) is 30.3 Å². The van der Waals surface area contributed by atoms with Gasteiger partial charge in [-0.3, -0.25) is 9.59 Å². The molecule has 0 aromatic heterocycles. The van der Waals surface area contributed by atoms with Crippen molar-refractivity contribution in [3.8, 4) is 0 Å². The largest absolute Gasteiger partial charge is 0.369 e. The lowest BCUT2D eigenvalue weighted by atomic mass is 9.89. The first-order chi connectivity index (χ1) is 9.24. The second-order valence-corrected chi connectivity index (χ2v) is 5.49. The first-order valence-corrected chi connectivity index (χ1v) is 6.99. The lowest BCUT2D eigenvalue weighted by Crippen LogP contribution is -2.35. The average molecular weight is 258 g/mol. The number of benzene rings is 1. The highest BCUT2D eigenvalue weighted by molar-refractivity contribution is 5.86. The maximum absolute atomic E-state index is 11.9. The highest BCUT2D eigenvalue weighted by Gasteiger charge is 2.38. The van der Waals surface area contributed by atoms with E-state index < -0.39 is 0 Å². The molecule has 1 aliphatic carbocycles. The molecule has 0 amide bonds. The Morgan fingerprint density at radius 3 is 2.53 bits per heavy atom. The topological polar surface area (TPSA) is 43.4 Å². The summed E-state index contributed by atoms with van der Waals surface area (Å²) >= 11 is 0. The van der Waals surface area contributed by atoms with E-state index >= 15 is 0 Å². The van der Waals surface area contributed by atoms with Gasteiger partial charge in [-0.2, -0.15) is 0 Å². The summed E-state index contributed by atoms with van der Waals surface area (Å²) in [6, 6.07) is 9.82. The molecule has 2 fully saturated rings. The first kappa shape index (κ1) is 12.5. The summed E-state index contributed by atoms with van der Waals surface area (Å²) in [5.74, 6) is 0.423. The fourth-order valence-corrected chi connectivity index (χ4v) is 3.16. The summed E-state index contributed by atoms with van der Waals surface area (Å²) in [5, 5.41) is 0. The van der Waals surface area contributed by atoms with Crippen LogP contribution in [0.25, 0.3) is 0 Å². The highest BCUT2D eigenvalue weighted by Crippen LogP contribution is 2.36. The molecular formula is C16H18O3. The number of rotatable bonds is 2. The fourth-order valence-electron chi connectivity index (χ4n) is 3.16. The zero-order valence-electron chi connectivity index (χ0n) is 10.9. The van der Waals surface area contributed by atoms with Gasteiger partial charge in [0.05, 0.1) is 12.2 Å². The summed E-state index contributed by atoms with van der Waals surface area (Å²) in [7, 11) is 0. The molecular weight excluding hydrogens is 240 g/mol. The predicted octanol–water partition coefficient (Wildman–Crippen LogP) is 2.85. The number of carbonyl (C=O) groups excluding carboxylic acids is 2. The lowest BCUT2D eigenvalue weighted by Gasteiger charge is -2.32. The molecule has 1 aromatic carbocycles. The monoisotopic (exact) mass is 258 g/mol. The molecule has 0 unspecified atom stereocenters. The van der Waals surface area contributed by atoms with Crippen LogP contribution in [0, 0.1) is 5.92 Å². The Morgan fingerprint density at radius 2 is 1.84 bits per heavy atom. The van der Waals surface area contributed by atoms with Crippen LogP contribution in [-0.4, -0.2) is 17.7 Å². The van der Waals surface area contributed by atoms with Gasteiger partial charge < -0.3 is 4.74 Å². The van der Waals surface area contributed by atoms with Crippen molar-refractivity contribution < 1.29 is 14.3 Å². The van der Waals surface area contributed by atoms with E-state index in [1.165, 1.54) is 0 Å². The van der Waals surface area contributed by atoms with Crippen molar-refractivity contribution in [1.82, 2.24) is 0 Å². The number of carbonyl (C=O) groups is 2. The van der Waals surface area contributed by atoms with Gasteiger partial charge in [0, 0.05) is 25.2 Å². The van der Waals surface area contributed by atoms with E-state index in [0.717, 1.165) is 18.4 Å². The van der Waals surface area contributed by atoms with Gasteiger partial charge >= 0.3 is 0 Å². The number of ether oxygens (including phenoxy) is 1. The Hall–Kier alpha value is -1.48. The summed E-state index contributed by atoms with van der Waals surface area (Å²) in [6.07, 6.45) is 2.91. The van der Waals surface area contributed by atoms with Crippen molar-refractivity contribution in [3.63, 3.8) is 0 Å². The SMILES string of the molecule is O=C1C[C@H](c2ccccc2)O[C@@H]([C@@H]2CCCC2=O)C1. The van der Waals surface area contributed by atoms with E-state index in [4.69, 9.17) is 4.74 Å². The van der Waals surface area contributed by atoms with Gasteiger partial charge in [0.15, 0.2) is 0 Å². The molecule has 1 aromatic rings. The molecule has 3 heteroatoms. The number of hydrogen-bond acceptors (Lipinski definition) is 3. The molecule has 1 saturated carbocycles. The molecule has 0 radical (unpaired) electrons. The van der Waals surface area contributed by atoms with Crippen LogP contribution >= 0.6 is 0 Å². The third-order valence-corrected chi connectivity index (χ3v) is 4.15. The lowest BCUT2D eigenvalue weighted by molar-refractivity contribution is -0.144. The van der Waals surface area contributed by atoms with Crippen molar-refractivity contribution in [3.05, 3.63) is 35.9 Å². The van der Waals surface area contributed by atoms with E-state index in [1.807, 2.05) is 30.3 Å².